The molecule has 0 aromatic heterocycles. The number of rotatable bonds is 6. The van der Waals surface area contributed by atoms with Crippen LogP contribution in [0.1, 0.15) is 0 Å². The van der Waals surface area contributed by atoms with Crippen molar-refractivity contribution in [2.24, 2.45) is 0 Å². The van der Waals surface area contributed by atoms with Crippen LogP contribution in [0, 0.1) is 0 Å². The highest BCUT2D eigenvalue weighted by Crippen LogP contribution is 2.26. The van der Waals surface area contributed by atoms with E-state index in [1.54, 1.807) is 18.2 Å². The zero-order valence-electron chi connectivity index (χ0n) is 9.73. The molecule has 0 radical (unpaired) electrons. The van der Waals surface area contributed by atoms with Crippen LogP contribution in [0.3, 0.4) is 0 Å². The average molecular weight is 292 g/mol. The van der Waals surface area contributed by atoms with E-state index in [1.165, 1.54) is 0 Å². The molecular formula is C12H15Cl2NO3. The second-order valence-electron chi connectivity index (χ2n) is 4.18. The van der Waals surface area contributed by atoms with Gasteiger partial charge in [-0.25, -0.2) is 0 Å². The van der Waals surface area contributed by atoms with Gasteiger partial charge in [0.1, 0.15) is 18.5 Å². The molecule has 1 atom stereocenters. The van der Waals surface area contributed by atoms with Gasteiger partial charge in [-0.2, -0.15) is 0 Å². The first-order valence-electron chi connectivity index (χ1n) is 5.72. The van der Waals surface area contributed by atoms with Crippen LogP contribution in [-0.2, 0) is 4.74 Å². The van der Waals surface area contributed by atoms with Crippen molar-refractivity contribution in [2.45, 2.75) is 12.1 Å². The van der Waals surface area contributed by atoms with Gasteiger partial charge < -0.3 is 19.9 Å². The predicted octanol–water partition coefficient (Wildman–Crippen LogP) is 1.72. The summed E-state index contributed by atoms with van der Waals surface area (Å²) in [5, 5.41) is 13.8. The molecular weight excluding hydrogens is 277 g/mol. The molecule has 0 spiro atoms. The van der Waals surface area contributed by atoms with Crippen molar-refractivity contribution in [3.05, 3.63) is 28.2 Å². The quantitative estimate of drug-likeness (QED) is 0.838. The Balaban J connectivity index is 1.70. The molecule has 1 aromatic carbocycles. The number of ether oxygens (including phenoxy) is 2. The van der Waals surface area contributed by atoms with E-state index in [4.69, 9.17) is 32.7 Å². The van der Waals surface area contributed by atoms with E-state index < -0.39 is 6.10 Å². The summed E-state index contributed by atoms with van der Waals surface area (Å²) in [6, 6.07) is 5.36. The Labute approximate surface area is 116 Å². The van der Waals surface area contributed by atoms with Gasteiger partial charge >= 0.3 is 0 Å². The van der Waals surface area contributed by atoms with E-state index in [2.05, 4.69) is 5.32 Å². The lowest BCUT2D eigenvalue weighted by atomic mass is 10.2. The molecule has 0 bridgehead atoms. The zero-order valence-corrected chi connectivity index (χ0v) is 11.2. The summed E-state index contributed by atoms with van der Waals surface area (Å²) >= 11 is 11.6. The second kappa shape index (κ2) is 6.59. The number of hydrogen-bond acceptors (Lipinski definition) is 4. The molecule has 1 unspecified atom stereocenters. The van der Waals surface area contributed by atoms with Crippen molar-refractivity contribution in [3.63, 3.8) is 0 Å². The third kappa shape index (κ3) is 4.00. The van der Waals surface area contributed by atoms with Crippen LogP contribution < -0.4 is 10.1 Å². The summed E-state index contributed by atoms with van der Waals surface area (Å²) in [5.41, 5.74) is 0. The third-order valence-electron chi connectivity index (χ3n) is 2.61. The van der Waals surface area contributed by atoms with E-state index in [0.29, 0.717) is 41.6 Å². The molecule has 2 N–H and O–H groups in total. The monoisotopic (exact) mass is 291 g/mol. The van der Waals surface area contributed by atoms with Crippen molar-refractivity contribution >= 4 is 23.2 Å². The Kier molecular flexibility index (Phi) is 5.09. The summed E-state index contributed by atoms with van der Waals surface area (Å²) < 4.78 is 10.4. The van der Waals surface area contributed by atoms with Gasteiger partial charge in [0, 0.05) is 12.6 Å². The van der Waals surface area contributed by atoms with Gasteiger partial charge in [-0.3, -0.25) is 0 Å². The fraction of sp³-hybridized carbons (Fsp3) is 0.500. The minimum atomic E-state index is -0.569. The van der Waals surface area contributed by atoms with Gasteiger partial charge in [0.25, 0.3) is 0 Å². The number of hydrogen-bond donors (Lipinski definition) is 2. The number of halogens is 2. The van der Waals surface area contributed by atoms with Gasteiger partial charge in [-0.1, -0.05) is 23.2 Å². The molecule has 1 aliphatic rings. The van der Waals surface area contributed by atoms with Crippen LogP contribution >= 0.6 is 23.2 Å². The standard InChI is InChI=1S/C12H15Cl2NO3/c13-11-2-1-10(3-12(11)14)18-7-9(16)4-15-8-5-17-6-8/h1-3,8-9,15-16H,4-7H2. The zero-order chi connectivity index (χ0) is 13.0. The molecule has 4 nitrogen and oxygen atoms in total. The van der Waals surface area contributed by atoms with E-state index in [1.807, 2.05) is 0 Å². The molecule has 0 saturated carbocycles. The molecule has 6 heteroatoms. The van der Waals surface area contributed by atoms with Crippen molar-refractivity contribution in [1.82, 2.24) is 5.32 Å². The molecule has 1 heterocycles. The van der Waals surface area contributed by atoms with E-state index in [0.717, 1.165) is 0 Å². The Hall–Kier alpha value is -0.520. The molecule has 1 aromatic rings. The number of benzene rings is 1. The number of aliphatic hydroxyl groups is 1. The average Bonchev–Trinajstić information content (AvgIpc) is 2.29. The van der Waals surface area contributed by atoms with Gasteiger partial charge in [-0.05, 0) is 12.1 Å². The van der Waals surface area contributed by atoms with Crippen molar-refractivity contribution < 1.29 is 14.6 Å². The highest BCUT2D eigenvalue weighted by molar-refractivity contribution is 6.42. The van der Waals surface area contributed by atoms with Crippen molar-refractivity contribution in [3.8, 4) is 5.75 Å². The maximum atomic E-state index is 9.72. The molecule has 2 rings (SSSR count). The summed E-state index contributed by atoms with van der Waals surface area (Å²) in [6.45, 7) is 2.11. The van der Waals surface area contributed by atoms with Gasteiger partial charge in [0.15, 0.2) is 0 Å². The number of nitrogens with one attached hydrogen (secondary N) is 1. The SMILES string of the molecule is OC(CNC1COC1)COc1ccc(Cl)c(Cl)c1. The summed E-state index contributed by atoms with van der Waals surface area (Å²) in [4.78, 5) is 0. The van der Waals surface area contributed by atoms with Crippen LogP contribution in [0.15, 0.2) is 18.2 Å². The molecule has 0 amide bonds. The van der Waals surface area contributed by atoms with Gasteiger partial charge in [0.2, 0.25) is 0 Å². The molecule has 1 aliphatic heterocycles. The number of aliphatic hydroxyl groups excluding tert-OH is 1. The third-order valence-corrected chi connectivity index (χ3v) is 3.35. The highest BCUT2D eigenvalue weighted by Gasteiger charge is 2.18. The maximum Gasteiger partial charge on any atom is 0.121 e. The van der Waals surface area contributed by atoms with Crippen LogP contribution in [-0.4, -0.2) is 43.6 Å². The van der Waals surface area contributed by atoms with Gasteiger partial charge in [-0.15, -0.1) is 0 Å². The minimum absolute atomic E-state index is 0.207. The lowest BCUT2D eigenvalue weighted by molar-refractivity contribution is -0.0118. The summed E-state index contributed by atoms with van der Waals surface area (Å²) in [5.74, 6) is 0.593. The van der Waals surface area contributed by atoms with Crippen LogP contribution in [0.4, 0.5) is 0 Å². The molecule has 1 saturated heterocycles. The van der Waals surface area contributed by atoms with Crippen molar-refractivity contribution in [2.75, 3.05) is 26.4 Å². The fourth-order valence-corrected chi connectivity index (χ4v) is 1.76. The Bertz CT molecular complexity index is 399. The normalized spacial score (nSPS) is 17.3. The summed E-state index contributed by atoms with van der Waals surface area (Å²) in [7, 11) is 0. The molecule has 18 heavy (non-hydrogen) atoms. The van der Waals surface area contributed by atoms with E-state index in [-0.39, 0.29) is 6.61 Å². The minimum Gasteiger partial charge on any atom is -0.491 e. The van der Waals surface area contributed by atoms with Crippen molar-refractivity contribution in [1.29, 1.82) is 0 Å². The van der Waals surface area contributed by atoms with Crippen LogP contribution in [0.25, 0.3) is 0 Å². The molecule has 1 fully saturated rings. The van der Waals surface area contributed by atoms with Crippen LogP contribution in [0.2, 0.25) is 10.0 Å². The smallest absolute Gasteiger partial charge is 0.121 e. The Morgan fingerprint density at radius 1 is 1.39 bits per heavy atom. The maximum absolute atomic E-state index is 9.72. The molecule has 0 aliphatic carbocycles. The lowest BCUT2D eigenvalue weighted by Gasteiger charge is -2.28. The first kappa shape index (κ1) is 13.9. The first-order chi connectivity index (χ1) is 8.65. The van der Waals surface area contributed by atoms with Gasteiger partial charge in [0.05, 0.1) is 29.3 Å². The Morgan fingerprint density at radius 3 is 2.78 bits per heavy atom. The van der Waals surface area contributed by atoms with E-state index >= 15 is 0 Å². The Morgan fingerprint density at radius 2 is 2.17 bits per heavy atom. The molecule has 100 valence electrons. The largest absolute Gasteiger partial charge is 0.491 e. The predicted molar refractivity (Wildman–Crippen MR) is 70.6 cm³/mol. The lowest BCUT2D eigenvalue weighted by Crippen LogP contribution is -2.49. The topological polar surface area (TPSA) is 50.7 Å². The first-order valence-corrected chi connectivity index (χ1v) is 6.48. The van der Waals surface area contributed by atoms with Crippen LogP contribution in [0.5, 0.6) is 5.75 Å². The highest BCUT2D eigenvalue weighted by atomic mass is 35.5. The summed E-state index contributed by atoms with van der Waals surface area (Å²) in [6.07, 6.45) is -0.569. The second-order valence-corrected chi connectivity index (χ2v) is 5.00. The fourth-order valence-electron chi connectivity index (χ4n) is 1.47. The van der Waals surface area contributed by atoms with E-state index in [9.17, 15) is 5.11 Å².